The van der Waals surface area contributed by atoms with E-state index in [2.05, 4.69) is 49.5 Å². The molecule has 0 heterocycles. The molecule has 2 aliphatic carbocycles. The average Bonchev–Trinajstić information content (AvgIpc) is 2.78. The molecule has 0 radical (unpaired) electrons. The van der Waals surface area contributed by atoms with E-state index in [1.165, 1.54) is 18.5 Å². The van der Waals surface area contributed by atoms with Gasteiger partial charge in [0.05, 0.1) is 6.10 Å². The predicted octanol–water partition coefficient (Wildman–Crippen LogP) is 4.24. The lowest BCUT2D eigenvalue weighted by Gasteiger charge is -2.41. The van der Waals surface area contributed by atoms with Gasteiger partial charge in [0.25, 0.3) is 0 Å². The maximum atomic E-state index is 5.87. The smallest absolute Gasteiger partial charge is 0.121 e. The molecule has 0 saturated heterocycles. The van der Waals surface area contributed by atoms with Gasteiger partial charge in [-0.15, -0.1) is 0 Å². The summed E-state index contributed by atoms with van der Waals surface area (Å²) in [5.74, 6) is 2.62. The van der Waals surface area contributed by atoms with Gasteiger partial charge in [0, 0.05) is 23.7 Å². The molecule has 19 heavy (non-hydrogen) atoms. The molecule has 4 unspecified atom stereocenters. The number of anilines is 1. The van der Waals surface area contributed by atoms with Crippen molar-refractivity contribution < 1.29 is 4.74 Å². The van der Waals surface area contributed by atoms with Crippen molar-refractivity contribution in [2.75, 3.05) is 5.32 Å². The zero-order valence-corrected chi connectivity index (χ0v) is 11.8. The van der Waals surface area contributed by atoms with E-state index in [9.17, 15) is 0 Å². The van der Waals surface area contributed by atoms with E-state index < -0.39 is 0 Å². The van der Waals surface area contributed by atoms with Crippen LogP contribution in [0.2, 0.25) is 0 Å². The molecule has 0 bridgehead atoms. The molecule has 2 aliphatic rings. The van der Waals surface area contributed by atoms with Gasteiger partial charge in [0.1, 0.15) is 5.75 Å². The first-order chi connectivity index (χ1) is 9.26. The van der Waals surface area contributed by atoms with Gasteiger partial charge in [-0.25, -0.2) is 0 Å². The highest BCUT2D eigenvalue weighted by molar-refractivity contribution is 5.50. The molecule has 3 rings (SSSR count). The molecular formula is C17H23NO. The van der Waals surface area contributed by atoms with E-state index in [1.807, 2.05) is 6.07 Å². The highest BCUT2D eigenvalue weighted by Crippen LogP contribution is 2.44. The summed E-state index contributed by atoms with van der Waals surface area (Å²) in [7, 11) is 0. The molecule has 1 N–H and O–H groups in total. The van der Waals surface area contributed by atoms with Gasteiger partial charge in [-0.05, 0) is 44.2 Å². The van der Waals surface area contributed by atoms with Gasteiger partial charge >= 0.3 is 0 Å². The third-order valence-corrected chi connectivity index (χ3v) is 4.46. The van der Waals surface area contributed by atoms with E-state index in [-0.39, 0.29) is 6.10 Å². The lowest BCUT2D eigenvalue weighted by atomic mass is 9.71. The second kappa shape index (κ2) is 5.28. The fraction of sp³-hybridized carbons (Fsp3) is 0.529. The van der Waals surface area contributed by atoms with Crippen LogP contribution in [0.25, 0.3) is 0 Å². The Kier molecular flexibility index (Phi) is 3.50. The minimum atomic E-state index is 0.279. The zero-order valence-electron chi connectivity index (χ0n) is 11.8. The van der Waals surface area contributed by atoms with Gasteiger partial charge in [-0.3, -0.25) is 0 Å². The topological polar surface area (TPSA) is 21.3 Å². The van der Waals surface area contributed by atoms with Crippen LogP contribution >= 0.6 is 0 Å². The van der Waals surface area contributed by atoms with E-state index in [4.69, 9.17) is 4.74 Å². The Morgan fingerprint density at radius 3 is 3.11 bits per heavy atom. The summed E-state index contributed by atoms with van der Waals surface area (Å²) < 4.78 is 5.87. The molecule has 1 aromatic carbocycles. The Bertz CT molecular complexity index is 468. The van der Waals surface area contributed by atoms with Crippen molar-refractivity contribution in [3.8, 4) is 5.75 Å². The highest BCUT2D eigenvalue weighted by atomic mass is 16.5. The summed E-state index contributed by atoms with van der Waals surface area (Å²) in [6.45, 7) is 4.26. The molecule has 1 aromatic rings. The largest absolute Gasteiger partial charge is 0.491 e. The van der Waals surface area contributed by atoms with Crippen LogP contribution in [0, 0.1) is 11.8 Å². The molecule has 0 spiro atoms. The van der Waals surface area contributed by atoms with Gasteiger partial charge in [-0.2, -0.15) is 0 Å². The van der Waals surface area contributed by atoms with Crippen molar-refractivity contribution in [3.63, 3.8) is 0 Å². The normalized spacial score (nSPS) is 29.5. The molecule has 2 nitrogen and oxygen atoms in total. The first-order valence-electron chi connectivity index (χ1n) is 7.46. The predicted molar refractivity (Wildman–Crippen MR) is 79.6 cm³/mol. The third kappa shape index (κ3) is 2.63. The van der Waals surface area contributed by atoms with Gasteiger partial charge in [0.2, 0.25) is 0 Å². The van der Waals surface area contributed by atoms with Crippen LogP contribution in [0.15, 0.2) is 36.4 Å². The number of allylic oxidation sites excluding steroid dienone is 1. The van der Waals surface area contributed by atoms with Gasteiger partial charge < -0.3 is 10.1 Å². The van der Waals surface area contributed by atoms with Crippen molar-refractivity contribution >= 4 is 5.69 Å². The summed E-state index contributed by atoms with van der Waals surface area (Å²) in [5, 5.41) is 3.65. The summed E-state index contributed by atoms with van der Waals surface area (Å²) in [6.07, 6.45) is 8.61. The van der Waals surface area contributed by atoms with E-state index in [1.54, 1.807) is 0 Å². The lowest BCUT2D eigenvalue weighted by molar-refractivity contribution is 0.215. The molecule has 0 amide bonds. The van der Waals surface area contributed by atoms with Crippen LogP contribution in [0.1, 0.15) is 33.1 Å². The molecule has 0 aliphatic heterocycles. The van der Waals surface area contributed by atoms with Crippen LogP contribution in [0.5, 0.6) is 5.75 Å². The highest BCUT2D eigenvalue weighted by Gasteiger charge is 2.40. The summed E-state index contributed by atoms with van der Waals surface area (Å²) >= 11 is 0. The van der Waals surface area contributed by atoms with Crippen LogP contribution < -0.4 is 10.1 Å². The monoisotopic (exact) mass is 257 g/mol. The first-order valence-corrected chi connectivity index (χ1v) is 7.46. The molecule has 0 aromatic heterocycles. The Morgan fingerprint density at radius 1 is 1.42 bits per heavy atom. The second-order valence-electron chi connectivity index (χ2n) is 5.85. The lowest BCUT2D eigenvalue weighted by Crippen LogP contribution is -2.43. The molecular weight excluding hydrogens is 234 g/mol. The first kappa shape index (κ1) is 12.6. The zero-order chi connectivity index (χ0) is 13.2. The number of ether oxygens (including phenoxy) is 1. The summed E-state index contributed by atoms with van der Waals surface area (Å²) in [5.41, 5.74) is 1.18. The summed E-state index contributed by atoms with van der Waals surface area (Å²) in [4.78, 5) is 0. The van der Waals surface area contributed by atoms with E-state index in [0.717, 1.165) is 24.0 Å². The molecule has 2 heteroatoms. The van der Waals surface area contributed by atoms with Crippen molar-refractivity contribution in [1.82, 2.24) is 0 Å². The fourth-order valence-corrected chi connectivity index (χ4v) is 3.07. The van der Waals surface area contributed by atoms with Gasteiger partial charge in [0.15, 0.2) is 0 Å². The quantitative estimate of drug-likeness (QED) is 0.797. The Hall–Kier alpha value is -1.44. The summed E-state index contributed by atoms with van der Waals surface area (Å²) in [6, 6.07) is 8.98. The standard InChI is InChI=1S/C17H23NO/c1-3-12(2)19-15-8-5-7-14(11-15)18-17-10-13-6-4-9-16(13)17/h4-5,7-9,11-13,16-18H,3,6,10H2,1-2H3. The fourth-order valence-electron chi connectivity index (χ4n) is 3.07. The maximum Gasteiger partial charge on any atom is 0.121 e. The van der Waals surface area contributed by atoms with Crippen molar-refractivity contribution in [2.24, 2.45) is 11.8 Å². The van der Waals surface area contributed by atoms with E-state index >= 15 is 0 Å². The average molecular weight is 257 g/mol. The Morgan fingerprint density at radius 2 is 2.32 bits per heavy atom. The number of hydrogen-bond acceptors (Lipinski definition) is 2. The van der Waals surface area contributed by atoms with Gasteiger partial charge in [-0.1, -0.05) is 25.1 Å². The molecule has 4 atom stereocenters. The number of nitrogens with one attached hydrogen (secondary N) is 1. The second-order valence-corrected chi connectivity index (χ2v) is 5.85. The minimum absolute atomic E-state index is 0.279. The van der Waals surface area contributed by atoms with E-state index in [0.29, 0.717) is 6.04 Å². The van der Waals surface area contributed by atoms with Crippen LogP contribution in [0.4, 0.5) is 5.69 Å². The number of fused-ring (bicyclic) bond motifs is 1. The molecule has 1 saturated carbocycles. The maximum absolute atomic E-state index is 5.87. The van der Waals surface area contributed by atoms with Crippen LogP contribution in [0.3, 0.4) is 0 Å². The molecule has 102 valence electrons. The Labute approximate surface area is 115 Å². The Balaban J connectivity index is 1.62. The number of hydrogen-bond donors (Lipinski definition) is 1. The third-order valence-electron chi connectivity index (χ3n) is 4.46. The molecule has 1 fully saturated rings. The van der Waals surface area contributed by atoms with Crippen molar-refractivity contribution in [1.29, 1.82) is 0 Å². The number of rotatable bonds is 5. The van der Waals surface area contributed by atoms with Crippen molar-refractivity contribution in [3.05, 3.63) is 36.4 Å². The number of benzene rings is 1. The minimum Gasteiger partial charge on any atom is -0.491 e. The van der Waals surface area contributed by atoms with Crippen LogP contribution in [-0.4, -0.2) is 12.1 Å². The SMILES string of the molecule is CCC(C)Oc1cccc(NC2CC3CC=CC32)c1. The van der Waals surface area contributed by atoms with Crippen molar-refractivity contribution in [2.45, 2.75) is 45.3 Å². The van der Waals surface area contributed by atoms with Crippen LogP contribution in [-0.2, 0) is 0 Å².